The Labute approximate surface area is 88.5 Å². The average molecular weight is 209 g/mol. The number of rotatable bonds is 3. The van der Waals surface area contributed by atoms with Crippen LogP contribution in [0.5, 0.6) is 11.5 Å². The molecular formula is C11H15NO3. The lowest BCUT2D eigenvalue weighted by Crippen LogP contribution is -2.28. The Balaban J connectivity index is 1.95. The molecule has 1 aromatic rings. The van der Waals surface area contributed by atoms with E-state index in [9.17, 15) is 10.2 Å². The summed E-state index contributed by atoms with van der Waals surface area (Å²) in [5, 5.41) is 22.1. The van der Waals surface area contributed by atoms with E-state index in [4.69, 9.17) is 4.74 Å². The van der Waals surface area contributed by atoms with E-state index in [0.29, 0.717) is 18.2 Å². The summed E-state index contributed by atoms with van der Waals surface area (Å²) in [6.07, 6.45) is 1.000. The lowest BCUT2D eigenvalue weighted by Gasteiger charge is -2.11. The molecule has 0 saturated carbocycles. The first-order valence-corrected chi connectivity index (χ1v) is 5.08. The second-order valence-corrected chi connectivity index (χ2v) is 3.73. The fraction of sp³-hybridized carbons (Fsp3) is 0.455. The van der Waals surface area contributed by atoms with E-state index in [1.54, 1.807) is 12.1 Å². The van der Waals surface area contributed by atoms with Crippen LogP contribution in [0.4, 0.5) is 0 Å². The van der Waals surface area contributed by atoms with Gasteiger partial charge in [0.2, 0.25) is 0 Å². The molecule has 3 N–H and O–H groups in total. The number of para-hydroxylation sites is 1. The molecule has 1 atom stereocenters. The fourth-order valence-corrected chi connectivity index (χ4v) is 1.67. The molecule has 1 aliphatic rings. The number of aromatic hydroxyl groups is 2. The Hall–Kier alpha value is -1.26. The van der Waals surface area contributed by atoms with Crippen LogP contribution in [0, 0.1) is 0 Å². The molecule has 0 radical (unpaired) electrons. The van der Waals surface area contributed by atoms with Crippen molar-refractivity contribution in [3.63, 3.8) is 0 Å². The number of nitrogens with one attached hydrogen (secondary N) is 1. The van der Waals surface area contributed by atoms with E-state index >= 15 is 0 Å². The Morgan fingerprint density at radius 2 is 2.27 bits per heavy atom. The lowest BCUT2D eigenvalue weighted by molar-refractivity contribution is 0.189. The summed E-state index contributed by atoms with van der Waals surface area (Å²) in [5.41, 5.74) is 0.710. The van der Waals surface area contributed by atoms with Crippen LogP contribution in [0.2, 0.25) is 0 Å². The maximum atomic E-state index is 9.55. The van der Waals surface area contributed by atoms with Gasteiger partial charge >= 0.3 is 0 Å². The molecule has 0 aliphatic carbocycles. The first-order chi connectivity index (χ1) is 7.27. The van der Waals surface area contributed by atoms with E-state index in [0.717, 1.165) is 19.6 Å². The molecule has 4 nitrogen and oxygen atoms in total. The second-order valence-electron chi connectivity index (χ2n) is 3.73. The highest BCUT2D eigenvalue weighted by atomic mass is 16.5. The lowest BCUT2D eigenvalue weighted by atomic mass is 10.1. The third-order valence-electron chi connectivity index (χ3n) is 2.61. The summed E-state index contributed by atoms with van der Waals surface area (Å²) in [7, 11) is 0. The van der Waals surface area contributed by atoms with Crippen molar-refractivity contribution >= 4 is 0 Å². The minimum Gasteiger partial charge on any atom is -0.504 e. The third kappa shape index (κ3) is 2.40. The summed E-state index contributed by atoms with van der Waals surface area (Å²) in [5.74, 6) is -0.110. The van der Waals surface area contributed by atoms with Crippen molar-refractivity contribution in [3.8, 4) is 11.5 Å². The number of hydrogen-bond acceptors (Lipinski definition) is 4. The summed E-state index contributed by atoms with van der Waals surface area (Å²) in [6, 6.07) is 5.33. The Bertz CT molecular complexity index is 335. The van der Waals surface area contributed by atoms with Crippen molar-refractivity contribution in [2.75, 3.05) is 13.2 Å². The summed E-state index contributed by atoms with van der Waals surface area (Å²) < 4.78 is 5.23. The number of benzene rings is 1. The van der Waals surface area contributed by atoms with Gasteiger partial charge in [0, 0.05) is 24.8 Å². The van der Waals surface area contributed by atoms with E-state index in [-0.39, 0.29) is 11.5 Å². The van der Waals surface area contributed by atoms with Crippen LogP contribution in [0.15, 0.2) is 18.2 Å². The highest BCUT2D eigenvalue weighted by Crippen LogP contribution is 2.28. The predicted octanol–water partition coefficient (Wildman–Crippen LogP) is 0.976. The van der Waals surface area contributed by atoms with Gasteiger partial charge in [0.05, 0.1) is 6.61 Å². The van der Waals surface area contributed by atoms with Crippen molar-refractivity contribution in [1.29, 1.82) is 0 Å². The molecule has 1 aliphatic heterocycles. The molecule has 0 aromatic heterocycles. The van der Waals surface area contributed by atoms with Crippen molar-refractivity contribution in [1.82, 2.24) is 5.32 Å². The Morgan fingerprint density at radius 3 is 3.00 bits per heavy atom. The van der Waals surface area contributed by atoms with Crippen LogP contribution in [0.25, 0.3) is 0 Å². The fourth-order valence-electron chi connectivity index (χ4n) is 1.67. The van der Waals surface area contributed by atoms with Gasteiger partial charge in [-0.05, 0) is 12.5 Å². The van der Waals surface area contributed by atoms with Gasteiger partial charge in [0.1, 0.15) is 0 Å². The predicted molar refractivity (Wildman–Crippen MR) is 55.8 cm³/mol. The zero-order chi connectivity index (χ0) is 10.7. The SMILES string of the molecule is Oc1cccc(CNC2CCOC2)c1O. The molecule has 1 aromatic carbocycles. The van der Waals surface area contributed by atoms with Crippen LogP contribution in [0.3, 0.4) is 0 Å². The first-order valence-electron chi connectivity index (χ1n) is 5.08. The molecule has 1 heterocycles. The Morgan fingerprint density at radius 1 is 1.40 bits per heavy atom. The summed E-state index contributed by atoms with van der Waals surface area (Å²) in [4.78, 5) is 0. The van der Waals surface area contributed by atoms with Crippen molar-refractivity contribution < 1.29 is 14.9 Å². The van der Waals surface area contributed by atoms with Gasteiger partial charge in [0.15, 0.2) is 11.5 Å². The van der Waals surface area contributed by atoms with Gasteiger partial charge < -0.3 is 20.3 Å². The molecule has 82 valence electrons. The molecule has 1 saturated heterocycles. The van der Waals surface area contributed by atoms with Crippen LogP contribution < -0.4 is 5.32 Å². The van der Waals surface area contributed by atoms with Crippen LogP contribution in [0.1, 0.15) is 12.0 Å². The molecule has 15 heavy (non-hydrogen) atoms. The minimum atomic E-state index is -0.0722. The molecule has 1 fully saturated rings. The van der Waals surface area contributed by atoms with Gasteiger partial charge in [-0.1, -0.05) is 12.1 Å². The van der Waals surface area contributed by atoms with E-state index < -0.39 is 0 Å². The monoisotopic (exact) mass is 209 g/mol. The van der Waals surface area contributed by atoms with Crippen LogP contribution in [-0.4, -0.2) is 29.5 Å². The van der Waals surface area contributed by atoms with E-state index in [1.165, 1.54) is 6.07 Å². The molecule has 1 unspecified atom stereocenters. The third-order valence-corrected chi connectivity index (χ3v) is 2.61. The number of hydrogen-bond donors (Lipinski definition) is 3. The second kappa shape index (κ2) is 4.51. The highest BCUT2D eigenvalue weighted by molar-refractivity contribution is 5.44. The summed E-state index contributed by atoms with van der Waals surface area (Å²) in [6.45, 7) is 2.07. The number of phenols is 2. The summed E-state index contributed by atoms with van der Waals surface area (Å²) >= 11 is 0. The molecule has 0 spiro atoms. The molecule has 0 amide bonds. The van der Waals surface area contributed by atoms with Gasteiger partial charge in [-0.15, -0.1) is 0 Å². The molecule has 0 bridgehead atoms. The van der Waals surface area contributed by atoms with Gasteiger partial charge in [-0.2, -0.15) is 0 Å². The van der Waals surface area contributed by atoms with E-state index in [2.05, 4.69) is 5.32 Å². The van der Waals surface area contributed by atoms with Crippen LogP contribution >= 0.6 is 0 Å². The Kier molecular flexibility index (Phi) is 3.08. The number of ether oxygens (including phenoxy) is 1. The molecular weight excluding hydrogens is 194 g/mol. The topological polar surface area (TPSA) is 61.7 Å². The maximum Gasteiger partial charge on any atom is 0.161 e. The average Bonchev–Trinajstić information content (AvgIpc) is 2.73. The van der Waals surface area contributed by atoms with E-state index in [1.807, 2.05) is 0 Å². The van der Waals surface area contributed by atoms with Crippen molar-refractivity contribution in [2.45, 2.75) is 19.0 Å². The quantitative estimate of drug-likeness (QED) is 0.649. The maximum absolute atomic E-state index is 9.55. The minimum absolute atomic E-state index is 0.0380. The zero-order valence-electron chi connectivity index (χ0n) is 8.44. The zero-order valence-corrected chi connectivity index (χ0v) is 8.44. The van der Waals surface area contributed by atoms with Crippen molar-refractivity contribution in [3.05, 3.63) is 23.8 Å². The van der Waals surface area contributed by atoms with Gasteiger partial charge in [-0.3, -0.25) is 0 Å². The number of phenolic OH excluding ortho intramolecular Hbond substituents is 2. The largest absolute Gasteiger partial charge is 0.504 e. The highest BCUT2D eigenvalue weighted by Gasteiger charge is 2.15. The smallest absolute Gasteiger partial charge is 0.161 e. The van der Waals surface area contributed by atoms with Gasteiger partial charge in [-0.25, -0.2) is 0 Å². The van der Waals surface area contributed by atoms with Crippen molar-refractivity contribution in [2.24, 2.45) is 0 Å². The first kappa shape index (κ1) is 10.3. The standard InChI is InChI=1S/C11H15NO3/c13-10-3-1-2-8(11(10)14)6-12-9-4-5-15-7-9/h1-3,9,12-14H,4-7H2. The molecule has 2 rings (SSSR count). The normalized spacial score (nSPS) is 20.7. The van der Waals surface area contributed by atoms with Gasteiger partial charge in [0.25, 0.3) is 0 Å². The molecule has 4 heteroatoms. The van der Waals surface area contributed by atoms with Crippen LogP contribution in [-0.2, 0) is 11.3 Å².